The third-order valence-electron chi connectivity index (χ3n) is 14.4. The van der Waals surface area contributed by atoms with Crippen LogP contribution in [0.5, 0.6) is 5.75 Å². The van der Waals surface area contributed by atoms with E-state index in [2.05, 4.69) is 0 Å². The number of amides is 1. The van der Waals surface area contributed by atoms with Gasteiger partial charge in [-0.2, -0.15) is 0 Å². The number of aliphatic hydroxyl groups is 1. The van der Waals surface area contributed by atoms with E-state index >= 15 is 0 Å². The first-order chi connectivity index (χ1) is 37.8. The molecule has 11 heteroatoms. The molecule has 394 valence electrons. The summed E-state index contributed by atoms with van der Waals surface area (Å²) in [5.74, 6) is -0.990. The molecular weight excluding hydrogens is 973 g/mol. The Morgan fingerprint density at radius 3 is 1.51 bits per heavy atom. The number of hydrogen-bond acceptors (Lipinski definition) is 8. The summed E-state index contributed by atoms with van der Waals surface area (Å²) in [6, 6.07) is 67.2. The van der Waals surface area contributed by atoms with Crippen LogP contribution in [0.4, 0.5) is 14.5 Å². The second kappa shape index (κ2) is 26.1. The Kier molecular flexibility index (Phi) is 18.0. The highest BCUT2D eigenvalue weighted by Crippen LogP contribution is 2.49. The number of carbonyl (C=O) groups excluding carboxylic acids is 1. The maximum Gasteiger partial charge on any atom is 0.233 e. The minimum atomic E-state index is -0.927. The Morgan fingerprint density at radius 1 is 0.506 bits per heavy atom. The van der Waals surface area contributed by atoms with Crippen LogP contribution in [0.25, 0.3) is 0 Å². The van der Waals surface area contributed by atoms with Gasteiger partial charge in [0.2, 0.25) is 5.91 Å². The van der Waals surface area contributed by atoms with Gasteiger partial charge in [-0.05, 0) is 94.3 Å². The number of carbonyl (C=O) groups is 1. The molecule has 8 atom stereocenters. The van der Waals surface area contributed by atoms with Crippen molar-refractivity contribution in [3.8, 4) is 5.75 Å². The quantitative estimate of drug-likeness (QED) is 0.0598. The van der Waals surface area contributed by atoms with E-state index in [1.165, 1.54) is 24.3 Å². The molecule has 8 aromatic rings. The monoisotopic (exact) mass is 1040 g/mol. The van der Waals surface area contributed by atoms with E-state index in [1.807, 2.05) is 170 Å². The van der Waals surface area contributed by atoms with Crippen molar-refractivity contribution in [2.45, 2.75) is 95.0 Å². The van der Waals surface area contributed by atoms with Crippen molar-refractivity contribution in [1.29, 1.82) is 0 Å². The molecule has 2 heterocycles. The topological polar surface area (TPSA) is 95.9 Å². The molecule has 8 aromatic carbocycles. The van der Waals surface area contributed by atoms with E-state index in [0.717, 1.165) is 38.9 Å². The largest absolute Gasteiger partial charge is 0.489 e. The van der Waals surface area contributed by atoms with E-state index < -0.39 is 60.2 Å². The van der Waals surface area contributed by atoms with E-state index in [9.17, 15) is 18.7 Å². The molecule has 0 aliphatic carbocycles. The molecule has 1 N–H and O–H groups in total. The summed E-state index contributed by atoms with van der Waals surface area (Å²) in [5.41, 5.74) is 7.70. The first kappa shape index (κ1) is 53.1. The summed E-state index contributed by atoms with van der Waals surface area (Å²) >= 11 is 0. The molecule has 2 fully saturated rings. The summed E-state index contributed by atoms with van der Waals surface area (Å²) in [6.07, 6.45) is -3.06. The highest BCUT2D eigenvalue weighted by Gasteiger charge is 2.51. The van der Waals surface area contributed by atoms with Gasteiger partial charge in [0.1, 0.15) is 48.4 Å². The molecule has 9 nitrogen and oxygen atoms in total. The maximum absolute atomic E-state index is 14.4. The fraction of sp³-hybridized carbons (Fsp3) is 0.258. The molecule has 0 radical (unpaired) electrons. The number of hydrogen-bond donors (Lipinski definition) is 1. The number of β-lactam (4-membered cyclic amide) rings is 1. The Hall–Kier alpha value is -7.35. The molecule has 2 aliphatic heterocycles. The van der Waals surface area contributed by atoms with Gasteiger partial charge in [-0.1, -0.05) is 176 Å². The van der Waals surface area contributed by atoms with Crippen LogP contribution in [0.3, 0.4) is 0 Å². The van der Waals surface area contributed by atoms with E-state index in [-0.39, 0.29) is 32.1 Å². The zero-order chi connectivity index (χ0) is 52.8. The predicted molar refractivity (Wildman–Crippen MR) is 291 cm³/mol. The van der Waals surface area contributed by atoms with Gasteiger partial charge >= 0.3 is 0 Å². The first-order valence-corrected chi connectivity index (χ1v) is 26.4. The van der Waals surface area contributed by atoms with Crippen molar-refractivity contribution in [1.82, 2.24) is 0 Å². The standard InChI is InChI=1S/C66H63F2NO8/c67-53-29-27-52(28-30-53)58(70)37-36-57-62(69(66(57)71)55-33-31-54(68)32-34-55)56-35-26-51(38-59(56)73-41-47-18-8-2-9-19-47)39-60-63(74-42-48-20-10-3-11-21-48)65(76-44-50-24-14-5-15-25-50)64(75-43-49-22-12-4-13-23-49)61(77-60)45-72-40-46-16-6-1-7-17-46/h1-35,38,57-58,60-65,70H,36-37,39-45H2/t57-,58+,60+,61?,62-,63?,64-,65+/m1/s1. The number of nitrogens with zero attached hydrogens (tertiary/aromatic N) is 1. The summed E-state index contributed by atoms with van der Waals surface area (Å²) in [5, 5.41) is 11.3. The fourth-order valence-corrected chi connectivity index (χ4v) is 10.4. The lowest BCUT2D eigenvalue weighted by Crippen LogP contribution is -2.61. The molecule has 2 saturated heterocycles. The van der Waals surface area contributed by atoms with Crippen LogP contribution in [0.2, 0.25) is 0 Å². The third-order valence-corrected chi connectivity index (χ3v) is 14.4. The smallest absolute Gasteiger partial charge is 0.233 e. The maximum atomic E-state index is 14.4. The van der Waals surface area contributed by atoms with E-state index in [0.29, 0.717) is 49.7 Å². The number of rotatable bonds is 24. The zero-order valence-corrected chi connectivity index (χ0v) is 42.8. The lowest BCUT2D eigenvalue weighted by atomic mass is 9.77. The Balaban J connectivity index is 1.02. The van der Waals surface area contributed by atoms with Crippen LogP contribution >= 0.6 is 0 Å². The number of benzene rings is 8. The minimum absolute atomic E-state index is 0.161. The van der Waals surface area contributed by atoms with Crippen molar-refractivity contribution in [3.05, 3.63) is 275 Å². The third kappa shape index (κ3) is 13.8. The number of ether oxygens (including phenoxy) is 6. The second-order valence-electron chi connectivity index (χ2n) is 19.7. The average molecular weight is 1040 g/mol. The van der Waals surface area contributed by atoms with Gasteiger partial charge in [-0.3, -0.25) is 4.79 Å². The molecule has 1 amide bonds. The summed E-state index contributed by atoms with van der Waals surface area (Å²) in [7, 11) is 0. The number of anilines is 1. The Morgan fingerprint density at radius 2 is 0.974 bits per heavy atom. The Labute approximate surface area is 449 Å². The predicted octanol–water partition coefficient (Wildman–Crippen LogP) is 13.0. The second-order valence-corrected chi connectivity index (χ2v) is 19.7. The van der Waals surface area contributed by atoms with Crippen molar-refractivity contribution in [3.63, 3.8) is 0 Å². The van der Waals surface area contributed by atoms with Gasteiger partial charge in [0.15, 0.2) is 0 Å². The van der Waals surface area contributed by atoms with Crippen LogP contribution in [-0.4, -0.2) is 48.1 Å². The lowest BCUT2D eigenvalue weighted by Gasteiger charge is -2.48. The van der Waals surface area contributed by atoms with Crippen LogP contribution in [-0.2, 0) is 67.9 Å². The van der Waals surface area contributed by atoms with Gasteiger partial charge < -0.3 is 38.4 Å². The zero-order valence-electron chi connectivity index (χ0n) is 42.8. The van der Waals surface area contributed by atoms with Gasteiger partial charge in [-0.25, -0.2) is 8.78 Å². The lowest BCUT2D eigenvalue weighted by molar-refractivity contribution is -0.272. The molecule has 2 aliphatic rings. The van der Waals surface area contributed by atoms with Crippen molar-refractivity contribution in [2.75, 3.05) is 11.5 Å². The molecule has 0 aromatic heterocycles. The molecular formula is C66H63F2NO8. The first-order valence-electron chi connectivity index (χ1n) is 26.4. The van der Waals surface area contributed by atoms with E-state index in [4.69, 9.17) is 28.4 Å². The summed E-state index contributed by atoms with van der Waals surface area (Å²) in [4.78, 5) is 16.0. The normalized spacial score (nSPS) is 20.6. The highest BCUT2D eigenvalue weighted by molar-refractivity contribution is 6.03. The molecule has 0 saturated carbocycles. The van der Waals surface area contributed by atoms with Crippen LogP contribution in [0, 0.1) is 17.6 Å². The van der Waals surface area contributed by atoms with Gasteiger partial charge in [0.25, 0.3) is 0 Å². The van der Waals surface area contributed by atoms with Crippen molar-refractivity contribution in [2.24, 2.45) is 5.92 Å². The average Bonchev–Trinajstić information content (AvgIpc) is 3.56. The van der Waals surface area contributed by atoms with Crippen molar-refractivity contribution >= 4 is 11.6 Å². The highest BCUT2D eigenvalue weighted by atomic mass is 19.1. The molecule has 0 spiro atoms. The molecule has 77 heavy (non-hydrogen) atoms. The number of halogens is 2. The van der Waals surface area contributed by atoms with E-state index in [1.54, 1.807) is 29.2 Å². The molecule has 10 rings (SSSR count). The van der Waals surface area contributed by atoms with Gasteiger partial charge in [-0.15, -0.1) is 0 Å². The Bertz CT molecular complexity index is 3070. The number of aliphatic hydroxyl groups excluding tert-OH is 1. The summed E-state index contributed by atoms with van der Waals surface area (Å²) in [6.45, 7) is 1.70. The van der Waals surface area contributed by atoms with Crippen LogP contribution in [0.15, 0.2) is 218 Å². The summed E-state index contributed by atoms with van der Waals surface area (Å²) < 4.78 is 69.9. The minimum Gasteiger partial charge on any atom is -0.489 e. The van der Waals surface area contributed by atoms with Crippen molar-refractivity contribution < 1.29 is 47.1 Å². The van der Waals surface area contributed by atoms with Crippen LogP contribution < -0.4 is 9.64 Å². The molecule has 2 unspecified atom stereocenters. The van der Waals surface area contributed by atoms with Crippen LogP contribution in [0.1, 0.15) is 69.5 Å². The van der Waals surface area contributed by atoms with Gasteiger partial charge in [0.05, 0.1) is 57.2 Å². The van der Waals surface area contributed by atoms with Gasteiger partial charge in [0, 0.05) is 17.7 Å². The molecule has 0 bridgehead atoms. The SMILES string of the molecule is O=C1[C@H](CC[C@H](O)c2ccc(F)cc2)[C@@H](c2ccc(C[C@@H]3OC(COCc4ccccc4)[C@@H](OCc4ccccc4)[C@@H](OCc4ccccc4)C3OCc3ccccc3)cc2OCc2ccccc2)N1c1ccc(F)cc1. The fourth-order valence-electron chi connectivity index (χ4n) is 10.4.